The first kappa shape index (κ1) is 15.5. The number of aryl methyl sites for hydroxylation is 2. The number of nitrogens with one attached hydrogen (secondary N) is 1. The fourth-order valence-electron chi connectivity index (χ4n) is 4.05. The number of fused-ring (bicyclic) bond motifs is 1. The van der Waals surface area contributed by atoms with E-state index < -0.39 is 0 Å². The average Bonchev–Trinajstić information content (AvgIpc) is 3.24. The lowest BCUT2D eigenvalue weighted by atomic mass is 9.84. The second-order valence-corrected chi connectivity index (χ2v) is 7.07. The monoisotopic (exact) mass is 328 g/mol. The van der Waals surface area contributed by atoms with Crippen molar-refractivity contribution in [2.45, 2.75) is 33.1 Å². The summed E-state index contributed by atoms with van der Waals surface area (Å²) in [5, 5.41) is 7.81. The Labute approximate surface area is 141 Å². The van der Waals surface area contributed by atoms with Gasteiger partial charge in [0.05, 0.1) is 0 Å². The molecule has 1 amide bonds. The molecule has 2 saturated heterocycles. The molecule has 7 nitrogen and oxygen atoms in total. The molecule has 2 aliphatic rings. The van der Waals surface area contributed by atoms with Gasteiger partial charge in [0.2, 0.25) is 5.82 Å². The van der Waals surface area contributed by atoms with Crippen molar-refractivity contribution >= 4 is 11.7 Å². The normalized spacial score (nSPS) is 22.4. The van der Waals surface area contributed by atoms with Crippen LogP contribution >= 0.6 is 0 Å². The van der Waals surface area contributed by atoms with Crippen molar-refractivity contribution in [3.05, 3.63) is 23.3 Å². The van der Waals surface area contributed by atoms with E-state index in [0.717, 1.165) is 62.2 Å². The molecule has 4 rings (SSSR count). The topological polar surface area (TPSA) is 75.4 Å². The van der Waals surface area contributed by atoms with Crippen molar-refractivity contribution in [2.75, 3.05) is 26.2 Å². The second kappa shape index (κ2) is 6.12. The minimum Gasteiger partial charge on any atom is -0.336 e. The van der Waals surface area contributed by atoms with Crippen LogP contribution in [0, 0.1) is 25.7 Å². The highest BCUT2D eigenvalue weighted by atomic mass is 16.2. The molecule has 2 aliphatic heterocycles. The van der Waals surface area contributed by atoms with Gasteiger partial charge in [-0.15, -0.1) is 5.10 Å². The Hall–Kier alpha value is -2.02. The molecule has 2 aromatic rings. The third-order valence-electron chi connectivity index (χ3n) is 5.40. The van der Waals surface area contributed by atoms with Crippen molar-refractivity contribution in [1.82, 2.24) is 29.8 Å². The van der Waals surface area contributed by atoms with Gasteiger partial charge in [-0.2, -0.15) is 4.98 Å². The predicted octanol–water partition coefficient (Wildman–Crippen LogP) is 1.20. The van der Waals surface area contributed by atoms with Gasteiger partial charge in [-0.3, -0.25) is 4.79 Å². The van der Waals surface area contributed by atoms with Crippen molar-refractivity contribution in [1.29, 1.82) is 0 Å². The number of carbonyl (C=O) groups is 1. The van der Waals surface area contributed by atoms with Crippen LogP contribution in [0.1, 0.15) is 41.3 Å². The summed E-state index contributed by atoms with van der Waals surface area (Å²) in [4.78, 5) is 23.3. The van der Waals surface area contributed by atoms with Gasteiger partial charge >= 0.3 is 0 Å². The summed E-state index contributed by atoms with van der Waals surface area (Å²) in [7, 11) is 0. The molecule has 0 saturated carbocycles. The summed E-state index contributed by atoms with van der Waals surface area (Å²) < 4.78 is 1.65. The lowest BCUT2D eigenvalue weighted by Crippen LogP contribution is -2.40. The maximum Gasteiger partial charge on any atom is 0.293 e. The maximum atomic E-state index is 12.7. The summed E-state index contributed by atoms with van der Waals surface area (Å²) in [5.41, 5.74) is 1.83. The molecular weight excluding hydrogens is 304 g/mol. The van der Waals surface area contributed by atoms with Gasteiger partial charge in [-0.25, -0.2) is 9.50 Å². The SMILES string of the molecule is Cc1cc(C)n2nc(C(=O)N3CCC(C4CCNC4)CC3)nc2n1. The number of hydrogen-bond donors (Lipinski definition) is 1. The highest BCUT2D eigenvalue weighted by molar-refractivity contribution is 5.90. The van der Waals surface area contributed by atoms with Crippen molar-refractivity contribution in [3.63, 3.8) is 0 Å². The molecule has 1 unspecified atom stereocenters. The number of hydrogen-bond acceptors (Lipinski definition) is 5. The zero-order valence-electron chi connectivity index (χ0n) is 14.3. The fraction of sp³-hybridized carbons (Fsp3) is 0.647. The number of rotatable bonds is 2. The molecule has 0 spiro atoms. The van der Waals surface area contributed by atoms with E-state index in [1.54, 1.807) is 4.52 Å². The first-order valence-electron chi connectivity index (χ1n) is 8.83. The number of carbonyl (C=O) groups excluding carboxylic acids is 1. The van der Waals surface area contributed by atoms with Crippen molar-refractivity contribution < 1.29 is 4.79 Å². The molecule has 2 fully saturated rings. The molecule has 0 bridgehead atoms. The Kier molecular flexibility index (Phi) is 3.96. The first-order valence-corrected chi connectivity index (χ1v) is 8.83. The molecular formula is C17H24N6O. The minimum absolute atomic E-state index is 0.0689. The Bertz CT molecular complexity index is 756. The third-order valence-corrected chi connectivity index (χ3v) is 5.40. The van der Waals surface area contributed by atoms with E-state index in [0.29, 0.717) is 5.78 Å². The second-order valence-electron chi connectivity index (χ2n) is 7.07. The molecule has 128 valence electrons. The Balaban J connectivity index is 1.47. The van der Waals surface area contributed by atoms with E-state index in [-0.39, 0.29) is 11.7 Å². The Morgan fingerprint density at radius 1 is 1.17 bits per heavy atom. The molecule has 7 heteroatoms. The largest absolute Gasteiger partial charge is 0.336 e. The third kappa shape index (κ3) is 2.77. The average molecular weight is 328 g/mol. The van der Waals surface area contributed by atoms with Crippen LogP contribution in [-0.2, 0) is 0 Å². The van der Waals surface area contributed by atoms with Crippen molar-refractivity contribution in [2.24, 2.45) is 11.8 Å². The van der Waals surface area contributed by atoms with Gasteiger partial charge < -0.3 is 10.2 Å². The highest BCUT2D eigenvalue weighted by Crippen LogP contribution is 2.29. The van der Waals surface area contributed by atoms with E-state index in [1.165, 1.54) is 6.42 Å². The standard InChI is InChI=1S/C17H24N6O/c1-11-9-12(2)23-17(19-11)20-15(21-23)16(24)22-7-4-13(5-8-22)14-3-6-18-10-14/h9,13-14,18H,3-8,10H2,1-2H3. The zero-order chi connectivity index (χ0) is 16.7. The molecule has 2 aromatic heterocycles. The minimum atomic E-state index is -0.0689. The van der Waals surface area contributed by atoms with Gasteiger partial charge in [-0.05, 0) is 64.1 Å². The maximum absolute atomic E-state index is 12.7. The summed E-state index contributed by atoms with van der Waals surface area (Å²) in [5.74, 6) is 2.22. The van der Waals surface area contributed by atoms with Crippen LogP contribution < -0.4 is 5.32 Å². The van der Waals surface area contributed by atoms with Crippen molar-refractivity contribution in [3.8, 4) is 0 Å². The summed E-state index contributed by atoms with van der Waals surface area (Å²) in [6, 6.07) is 1.94. The van der Waals surface area contributed by atoms with Gasteiger partial charge in [0.1, 0.15) is 0 Å². The molecule has 0 aliphatic carbocycles. The molecule has 4 heterocycles. The van der Waals surface area contributed by atoms with Gasteiger partial charge in [0, 0.05) is 24.5 Å². The molecule has 1 N–H and O–H groups in total. The Morgan fingerprint density at radius 3 is 2.67 bits per heavy atom. The molecule has 1 atom stereocenters. The van der Waals surface area contributed by atoms with Crippen LogP contribution in [0.15, 0.2) is 6.07 Å². The van der Waals surface area contributed by atoms with E-state index in [9.17, 15) is 4.79 Å². The summed E-state index contributed by atoms with van der Waals surface area (Å²) >= 11 is 0. The Morgan fingerprint density at radius 2 is 1.96 bits per heavy atom. The van der Waals surface area contributed by atoms with Crippen LogP contribution in [0.4, 0.5) is 0 Å². The zero-order valence-corrected chi connectivity index (χ0v) is 14.3. The molecule has 0 radical (unpaired) electrons. The number of likely N-dealkylation sites (tertiary alicyclic amines) is 1. The van der Waals surface area contributed by atoms with E-state index in [4.69, 9.17) is 0 Å². The predicted molar refractivity (Wildman–Crippen MR) is 89.9 cm³/mol. The number of nitrogens with zero attached hydrogens (tertiary/aromatic N) is 5. The van der Waals surface area contributed by atoms with Gasteiger partial charge in [-0.1, -0.05) is 0 Å². The highest BCUT2D eigenvalue weighted by Gasteiger charge is 2.31. The molecule has 24 heavy (non-hydrogen) atoms. The molecule has 0 aromatic carbocycles. The first-order chi connectivity index (χ1) is 11.6. The number of aromatic nitrogens is 4. The van der Waals surface area contributed by atoms with Crippen LogP contribution in [0.5, 0.6) is 0 Å². The fourth-order valence-corrected chi connectivity index (χ4v) is 4.05. The number of piperidine rings is 1. The van der Waals surface area contributed by atoms with Crippen LogP contribution in [0.25, 0.3) is 5.78 Å². The lowest BCUT2D eigenvalue weighted by molar-refractivity contribution is 0.0651. The van der Waals surface area contributed by atoms with E-state index in [2.05, 4.69) is 20.4 Å². The summed E-state index contributed by atoms with van der Waals surface area (Å²) in [6.45, 7) is 7.76. The van der Waals surface area contributed by atoms with Crippen LogP contribution in [0.2, 0.25) is 0 Å². The van der Waals surface area contributed by atoms with Gasteiger partial charge in [0.25, 0.3) is 11.7 Å². The lowest BCUT2D eigenvalue weighted by Gasteiger charge is -2.34. The van der Waals surface area contributed by atoms with E-state index in [1.807, 2.05) is 24.8 Å². The van der Waals surface area contributed by atoms with Crippen LogP contribution in [-0.4, -0.2) is 56.6 Å². The van der Waals surface area contributed by atoms with Gasteiger partial charge in [0.15, 0.2) is 0 Å². The van der Waals surface area contributed by atoms with Crippen LogP contribution in [0.3, 0.4) is 0 Å². The quantitative estimate of drug-likeness (QED) is 0.896. The summed E-state index contributed by atoms with van der Waals surface area (Å²) in [6.07, 6.45) is 3.45. The number of amides is 1. The van der Waals surface area contributed by atoms with E-state index >= 15 is 0 Å². The smallest absolute Gasteiger partial charge is 0.293 e.